The van der Waals surface area contributed by atoms with Gasteiger partial charge in [0.15, 0.2) is 0 Å². The molecule has 5 rings (SSSR count). The molecule has 1 N–H and O–H groups in total. The van der Waals surface area contributed by atoms with Gasteiger partial charge in [0.2, 0.25) is 5.91 Å². The molecule has 1 saturated heterocycles. The van der Waals surface area contributed by atoms with Gasteiger partial charge in [0.05, 0.1) is 12.0 Å². The molecule has 4 aromatic carbocycles. The van der Waals surface area contributed by atoms with Crippen LogP contribution in [-0.2, 0) is 16.2 Å². The highest BCUT2D eigenvalue weighted by Gasteiger charge is 2.36. The van der Waals surface area contributed by atoms with Gasteiger partial charge in [-0.05, 0) is 76.1 Å². The summed E-state index contributed by atoms with van der Waals surface area (Å²) >= 11 is 0.809. The van der Waals surface area contributed by atoms with Crippen LogP contribution >= 0.6 is 11.8 Å². The molecule has 190 valence electrons. The van der Waals surface area contributed by atoms with Crippen LogP contribution in [0.1, 0.15) is 11.1 Å². The highest BCUT2D eigenvalue weighted by molar-refractivity contribution is 8.18. The Morgan fingerprint density at radius 3 is 2.50 bits per heavy atom. The van der Waals surface area contributed by atoms with Crippen molar-refractivity contribution in [2.75, 3.05) is 19.0 Å². The van der Waals surface area contributed by atoms with E-state index in [1.807, 2.05) is 48.5 Å². The Kier molecular flexibility index (Phi) is 7.42. The van der Waals surface area contributed by atoms with Gasteiger partial charge in [0.1, 0.15) is 24.7 Å². The molecule has 38 heavy (non-hydrogen) atoms. The molecule has 7 nitrogen and oxygen atoms in total. The van der Waals surface area contributed by atoms with Gasteiger partial charge >= 0.3 is 0 Å². The average molecular weight is 525 g/mol. The van der Waals surface area contributed by atoms with Crippen molar-refractivity contribution in [2.24, 2.45) is 0 Å². The van der Waals surface area contributed by atoms with Gasteiger partial charge in [-0.3, -0.25) is 19.3 Å². The van der Waals surface area contributed by atoms with Crippen LogP contribution in [0, 0.1) is 0 Å². The molecule has 1 aliphatic rings. The minimum Gasteiger partial charge on any atom is -0.497 e. The second-order valence-corrected chi connectivity index (χ2v) is 9.54. The SMILES string of the molecule is COc1ccc(NC(=O)CN2C(=O)S/C(=C/c3cccc(OCc4cccc5ccccc45)c3)C2=O)cc1. The summed E-state index contributed by atoms with van der Waals surface area (Å²) in [6, 6.07) is 28.3. The highest BCUT2D eigenvalue weighted by atomic mass is 32.2. The summed E-state index contributed by atoms with van der Waals surface area (Å²) in [6.45, 7) is 0.0207. The van der Waals surface area contributed by atoms with E-state index < -0.39 is 17.1 Å². The Morgan fingerprint density at radius 1 is 0.921 bits per heavy atom. The van der Waals surface area contributed by atoms with Crippen molar-refractivity contribution < 1.29 is 23.9 Å². The normalized spacial score (nSPS) is 14.2. The fourth-order valence-electron chi connectivity index (χ4n) is 4.08. The number of ether oxygens (including phenoxy) is 2. The average Bonchev–Trinajstić information content (AvgIpc) is 3.19. The minimum absolute atomic E-state index is 0.249. The molecule has 1 fully saturated rings. The van der Waals surface area contributed by atoms with Crippen LogP contribution in [-0.4, -0.2) is 35.6 Å². The zero-order valence-corrected chi connectivity index (χ0v) is 21.4. The maximum atomic E-state index is 12.9. The van der Waals surface area contributed by atoms with Crippen molar-refractivity contribution in [2.45, 2.75) is 6.61 Å². The predicted octanol–water partition coefficient (Wildman–Crippen LogP) is 6.10. The monoisotopic (exact) mass is 524 g/mol. The lowest BCUT2D eigenvalue weighted by molar-refractivity contribution is -0.127. The molecule has 0 aromatic heterocycles. The summed E-state index contributed by atoms with van der Waals surface area (Å²) in [6.07, 6.45) is 1.64. The van der Waals surface area contributed by atoms with Gasteiger partial charge in [0.25, 0.3) is 11.1 Å². The number of carbonyl (C=O) groups excluding carboxylic acids is 3. The van der Waals surface area contributed by atoms with Crippen LogP contribution in [0.3, 0.4) is 0 Å². The Balaban J connectivity index is 1.23. The molecule has 0 atom stereocenters. The smallest absolute Gasteiger partial charge is 0.294 e. The molecule has 0 unspecified atom stereocenters. The van der Waals surface area contributed by atoms with Gasteiger partial charge in [-0.25, -0.2) is 0 Å². The van der Waals surface area contributed by atoms with Crippen molar-refractivity contribution in [1.82, 2.24) is 4.90 Å². The quantitative estimate of drug-likeness (QED) is 0.280. The first-order valence-corrected chi connectivity index (χ1v) is 12.7. The number of carbonyl (C=O) groups is 3. The molecular formula is C30H24N2O5S. The number of nitrogens with one attached hydrogen (secondary N) is 1. The Morgan fingerprint density at radius 2 is 1.68 bits per heavy atom. The second-order valence-electron chi connectivity index (χ2n) is 8.54. The Bertz CT molecular complexity index is 1540. The van der Waals surface area contributed by atoms with Gasteiger partial charge < -0.3 is 14.8 Å². The molecule has 4 aromatic rings. The Hall–Kier alpha value is -4.56. The Labute approximate surface area is 224 Å². The number of hydrogen-bond donors (Lipinski definition) is 1. The number of anilines is 1. The summed E-state index contributed by atoms with van der Waals surface area (Å²) in [5, 5.41) is 4.48. The van der Waals surface area contributed by atoms with Crippen molar-refractivity contribution in [3.8, 4) is 11.5 Å². The third kappa shape index (κ3) is 5.71. The molecule has 8 heteroatoms. The van der Waals surface area contributed by atoms with E-state index in [1.165, 1.54) is 0 Å². The number of thioether (sulfide) groups is 1. The predicted molar refractivity (Wildman–Crippen MR) is 149 cm³/mol. The number of methoxy groups -OCH3 is 1. The standard InChI is InChI=1S/C30H24N2O5S/c1-36-24-14-12-23(13-15-24)31-28(33)18-32-29(34)27(38-30(32)35)17-20-6-4-10-25(16-20)37-19-22-9-5-8-21-7-2-3-11-26(21)22/h2-17H,18-19H2,1H3,(H,31,33)/b27-17+. The summed E-state index contributed by atoms with van der Waals surface area (Å²) in [5.74, 6) is 0.321. The van der Waals surface area contributed by atoms with Crippen molar-refractivity contribution in [3.05, 3.63) is 107 Å². The van der Waals surface area contributed by atoms with Gasteiger partial charge in [-0.1, -0.05) is 54.6 Å². The molecule has 3 amide bonds. The molecule has 0 aliphatic carbocycles. The zero-order chi connectivity index (χ0) is 26.5. The summed E-state index contributed by atoms with van der Waals surface area (Å²) in [5.41, 5.74) is 2.33. The molecule has 0 radical (unpaired) electrons. The largest absolute Gasteiger partial charge is 0.497 e. The lowest BCUT2D eigenvalue weighted by Crippen LogP contribution is -2.36. The van der Waals surface area contributed by atoms with E-state index >= 15 is 0 Å². The number of imide groups is 1. The van der Waals surface area contributed by atoms with Gasteiger partial charge in [-0.15, -0.1) is 0 Å². The van der Waals surface area contributed by atoms with E-state index in [2.05, 4.69) is 23.5 Å². The van der Waals surface area contributed by atoms with Gasteiger partial charge in [0, 0.05) is 5.69 Å². The van der Waals surface area contributed by atoms with E-state index in [-0.39, 0.29) is 11.4 Å². The number of nitrogens with zero attached hydrogens (tertiary/aromatic N) is 1. The lowest BCUT2D eigenvalue weighted by Gasteiger charge is -2.12. The summed E-state index contributed by atoms with van der Waals surface area (Å²) in [4.78, 5) is 39.0. The summed E-state index contributed by atoms with van der Waals surface area (Å²) in [7, 11) is 1.55. The number of fused-ring (bicyclic) bond motifs is 1. The number of hydrogen-bond acceptors (Lipinski definition) is 6. The first-order valence-electron chi connectivity index (χ1n) is 11.9. The zero-order valence-electron chi connectivity index (χ0n) is 20.5. The van der Waals surface area contributed by atoms with Crippen LogP contribution in [0.15, 0.2) is 95.9 Å². The third-order valence-electron chi connectivity index (χ3n) is 5.98. The van der Waals surface area contributed by atoms with E-state index in [1.54, 1.807) is 37.5 Å². The van der Waals surface area contributed by atoms with E-state index in [9.17, 15) is 14.4 Å². The van der Waals surface area contributed by atoms with Crippen LogP contribution in [0.4, 0.5) is 10.5 Å². The fraction of sp³-hybridized carbons (Fsp3) is 0.100. The van der Waals surface area contributed by atoms with E-state index in [4.69, 9.17) is 9.47 Å². The third-order valence-corrected chi connectivity index (χ3v) is 6.89. The topological polar surface area (TPSA) is 84.9 Å². The second kappa shape index (κ2) is 11.2. The number of benzene rings is 4. The lowest BCUT2D eigenvalue weighted by atomic mass is 10.1. The number of amides is 3. The minimum atomic E-state index is -0.507. The van der Waals surface area contributed by atoms with Crippen molar-refractivity contribution >= 4 is 51.4 Å². The van der Waals surface area contributed by atoms with E-state index in [0.717, 1.165) is 33.0 Å². The highest BCUT2D eigenvalue weighted by Crippen LogP contribution is 2.33. The van der Waals surface area contributed by atoms with E-state index in [0.29, 0.717) is 29.4 Å². The maximum Gasteiger partial charge on any atom is 0.294 e. The molecular weight excluding hydrogens is 500 g/mol. The first kappa shape index (κ1) is 25.1. The maximum absolute atomic E-state index is 12.9. The van der Waals surface area contributed by atoms with Crippen molar-refractivity contribution in [1.29, 1.82) is 0 Å². The molecule has 0 saturated carbocycles. The fourth-order valence-corrected chi connectivity index (χ4v) is 4.92. The van der Waals surface area contributed by atoms with Crippen molar-refractivity contribution in [3.63, 3.8) is 0 Å². The molecule has 0 spiro atoms. The molecule has 1 heterocycles. The first-order chi connectivity index (χ1) is 18.5. The molecule has 0 bridgehead atoms. The number of rotatable bonds is 8. The summed E-state index contributed by atoms with van der Waals surface area (Å²) < 4.78 is 11.1. The molecule has 1 aliphatic heterocycles. The van der Waals surface area contributed by atoms with Crippen LogP contribution in [0.2, 0.25) is 0 Å². The van der Waals surface area contributed by atoms with Crippen LogP contribution in [0.25, 0.3) is 16.8 Å². The van der Waals surface area contributed by atoms with Crippen LogP contribution < -0.4 is 14.8 Å². The van der Waals surface area contributed by atoms with Gasteiger partial charge in [-0.2, -0.15) is 0 Å². The van der Waals surface area contributed by atoms with Crippen LogP contribution in [0.5, 0.6) is 11.5 Å².